The van der Waals surface area contributed by atoms with Gasteiger partial charge in [-0.05, 0) is 25.3 Å². The molecule has 0 aromatic heterocycles. The number of aryl methyl sites for hydroxylation is 1. The zero-order valence-electron chi connectivity index (χ0n) is 13.7. The summed E-state index contributed by atoms with van der Waals surface area (Å²) in [5.41, 5.74) is 2.45. The predicted molar refractivity (Wildman–Crippen MR) is 88.2 cm³/mol. The second-order valence-electron chi connectivity index (χ2n) is 6.41. The smallest absolute Gasteiger partial charge is 0.250 e. The SMILES string of the molecule is Cc1ccc(C2OCCCC2CNC(=O)C2CNCCO2)cc1. The number of nitrogens with one attached hydrogen (secondary N) is 2. The molecule has 0 bridgehead atoms. The number of hydrogen-bond acceptors (Lipinski definition) is 4. The number of hydrogen-bond donors (Lipinski definition) is 2. The van der Waals surface area contributed by atoms with E-state index >= 15 is 0 Å². The molecule has 0 saturated carbocycles. The van der Waals surface area contributed by atoms with E-state index in [0.717, 1.165) is 26.0 Å². The van der Waals surface area contributed by atoms with Crippen molar-refractivity contribution in [1.29, 1.82) is 0 Å². The summed E-state index contributed by atoms with van der Waals surface area (Å²) in [7, 11) is 0. The maximum atomic E-state index is 12.2. The third kappa shape index (κ3) is 4.31. The molecule has 1 aromatic carbocycles. The lowest BCUT2D eigenvalue weighted by Crippen LogP contribution is -2.49. The van der Waals surface area contributed by atoms with Crippen LogP contribution in [0.15, 0.2) is 24.3 Å². The lowest BCUT2D eigenvalue weighted by Gasteiger charge is -2.33. The quantitative estimate of drug-likeness (QED) is 0.885. The Balaban J connectivity index is 1.58. The van der Waals surface area contributed by atoms with Crippen LogP contribution in [0.2, 0.25) is 0 Å². The van der Waals surface area contributed by atoms with Crippen molar-refractivity contribution in [3.63, 3.8) is 0 Å². The van der Waals surface area contributed by atoms with Crippen molar-refractivity contribution in [2.45, 2.75) is 32.0 Å². The molecule has 0 radical (unpaired) electrons. The molecule has 5 heteroatoms. The molecule has 5 nitrogen and oxygen atoms in total. The maximum absolute atomic E-state index is 12.2. The Hall–Kier alpha value is -1.43. The number of rotatable bonds is 4. The highest BCUT2D eigenvalue weighted by Crippen LogP contribution is 2.33. The first-order valence-corrected chi connectivity index (χ1v) is 8.52. The van der Waals surface area contributed by atoms with Crippen LogP contribution in [-0.2, 0) is 14.3 Å². The van der Waals surface area contributed by atoms with Crippen molar-refractivity contribution in [2.24, 2.45) is 5.92 Å². The van der Waals surface area contributed by atoms with Crippen LogP contribution >= 0.6 is 0 Å². The number of morpholine rings is 1. The van der Waals surface area contributed by atoms with E-state index in [1.165, 1.54) is 11.1 Å². The number of benzene rings is 1. The number of carbonyl (C=O) groups is 1. The van der Waals surface area contributed by atoms with E-state index in [1.807, 2.05) is 0 Å². The predicted octanol–water partition coefficient (Wildman–Crippen LogP) is 1.57. The van der Waals surface area contributed by atoms with Crippen molar-refractivity contribution >= 4 is 5.91 Å². The minimum absolute atomic E-state index is 0.0228. The van der Waals surface area contributed by atoms with Gasteiger partial charge in [0.1, 0.15) is 6.10 Å². The highest BCUT2D eigenvalue weighted by Gasteiger charge is 2.29. The van der Waals surface area contributed by atoms with Crippen molar-refractivity contribution < 1.29 is 14.3 Å². The molecule has 1 amide bonds. The summed E-state index contributed by atoms with van der Waals surface area (Å²) in [6.07, 6.45) is 1.81. The maximum Gasteiger partial charge on any atom is 0.250 e. The molecule has 2 aliphatic heterocycles. The van der Waals surface area contributed by atoms with E-state index in [-0.39, 0.29) is 18.1 Å². The Bertz CT molecular complexity index is 512. The zero-order valence-corrected chi connectivity index (χ0v) is 13.7. The van der Waals surface area contributed by atoms with E-state index in [0.29, 0.717) is 25.6 Å². The average molecular weight is 318 g/mol. The molecule has 3 unspecified atom stereocenters. The van der Waals surface area contributed by atoms with E-state index in [9.17, 15) is 4.79 Å². The monoisotopic (exact) mass is 318 g/mol. The van der Waals surface area contributed by atoms with Crippen LogP contribution < -0.4 is 10.6 Å². The van der Waals surface area contributed by atoms with Crippen molar-refractivity contribution in [3.05, 3.63) is 35.4 Å². The fourth-order valence-corrected chi connectivity index (χ4v) is 3.26. The minimum Gasteiger partial charge on any atom is -0.373 e. The summed E-state index contributed by atoms with van der Waals surface area (Å²) in [5, 5.41) is 6.23. The van der Waals surface area contributed by atoms with Crippen LogP contribution in [0.5, 0.6) is 0 Å². The molecule has 2 heterocycles. The molecule has 2 aliphatic rings. The van der Waals surface area contributed by atoms with Gasteiger partial charge in [0.15, 0.2) is 0 Å². The third-order valence-electron chi connectivity index (χ3n) is 4.61. The molecular formula is C18H26N2O3. The van der Waals surface area contributed by atoms with Gasteiger partial charge < -0.3 is 20.1 Å². The highest BCUT2D eigenvalue weighted by atomic mass is 16.5. The Labute approximate surface area is 137 Å². The Morgan fingerprint density at radius 1 is 1.26 bits per heavy atom. The summed E-state index contributed by atoms with van der Waals surface area (Å²) >= 11 is 0. The molecule has 126 valence electrons. The van der Waals surface area contributed by atoms with Crippen LogP contribution in [0.1, 0.15) is 30.1 Å². The van der Waals surface area contributed by atoms with E-state index in [1.54, 1.807) is 0 Å². The van der Waals surface area contributed by atoms with Crippen molar-refractivity contribution in [2.75, 3.05) is 32.8 Å². The van der Waals surface area contributed by atoms with Crippen LogP contribution in [0.4, 0.5) is 0 Å². The highest BCUT2D eigenvalue weighted by molar-refractivity contribution is 5.81. The molecule has 3 rings (SSSR count). The van der Waals surface area contributed by atoms with Crippen molar-refractivity contribution in [1.82, 2.24) is 10.6 Å². The van der Waals surface area contributed by atoms with E-state index in [4.69, 9.17) is 9.47 Å². The fraction of sp³-hybridized carbons (Fsp3) is 0.611. The molecule has 2 fully saturated rings. The molecular weight excluding hydrogens is 292 g/mol. The zero-order chi connectivity index (χ0) is 16.1. The molecule has 3 atom stereocenters. The van der Waals surface area contributed by atoms with Gasteiger partial charge in [-0.2, -0.15) is 0 Å². The Kier molecular flexibility index (Phi) is 5.65. The van der Waals surface area contributed by atoms with Gasteiger partial charge >= 0.3 is 0 Å². The summed E-state index contributed by atoms with van der Waals surface area (Å²) in [4.78, 5) is 12.2. The first-order valence-electron chi connectivity index (χ1n) is 8.52. The minimum atomic E-state index is -0.369. The summed E-state index contributed by atoms with van der Waals surface area (Å²) in [6, 6.07) is 8.50. The van der Waals surface area contributed by atoms with Gasteiger partial charge in [0.25, 0.3) is 0 Å². The van der Waals surface area contributed by atoms with Gasteiger partial charge in [-0.1, -0.05) is 29.8 Å². The summed E-state index contributed by atoms with van der Waals surface area (Å²) in [6.45, 7) is 5.51. The lowest BCUT2D eigenvalue weighted by molar-refractivity contribution is -0.135. The first kappa shape index (κ1) is 16.4. The second kappa shape index (κ2) is 7.90. The summed E-state index contributed by atoms with van der Waals surface area (Å²) < 4.78 is 11.5. The molecule has 0 aliphatic carbocycles. The lowest BCUT2D eigenvalue weighted by atomic mass is 9.89. The van der Waals surface area contributed by atoms with Crippen LogP contribution in [0, 0.1) is 12.8 Å². The number of amides is 1. The van der Waals surface area contributed by atoms with Gasteiger partial charge in [0.05, 0.1) is 12.7 Å². The van der Waals surface area contributed by atoms with Crippen LogP contribution in [0.3, 0.4) is 0 Å². The number of carbonyl (C=O) groups excluding carboxylic acids is 1. The van der Waals surface area contributed by atoms with E-state index in [2.05, 4.69) is 41.8 Å². The van der Waals surface area contributed by atoms with Gasteiger partial charge in [-0.15, -0.1) is 0 Å². The van der Waals surface area contributed by atoms with Crippen LogP contribution in [-0.4, -0.2) is 44.9 Å². The normalized spacial score (nSPS) is 28.3. The third-order valence-corrected chi connectivity index (χ3v) is 4.61. The molecule has 2 saturated heterocycles. The van der Waals surface area contributed by atoms with Gasteiger partial charge in [0, 0.05) is 32.2 Å². The van der Waals surface area contributed by atoms with Crippen molar-refractivity contribution in [3.8, 4) is 0 Å². The standard InChI is InChI=1S/C18H26N2O3/c1-13-4-6-14(7-5-13)17-15(3-2-9-23-17)11-20-18(21)16-12-19-8-10-22-16/h4-7,15-17,19H,2-3,8-12H2,1H3,(H,20,21). The molecule has 1 aromatic rings. The molecule has 23 heavy (non-hydrogen) atoms. The topological polar surface area (TPSA) is 59.6 Å². The van der Waals surface area contributed by atoms with Gasteiger partial charge in [-0.25, -0.2) is 0 Å². The Morgan fingerprint density at radius 2 is 2.09 bits per heavy atom. The van der Waals surface area contributed by atoms with Gasteiger partial charge in [-0.3, -0.25) is 4.79 Å². The summed E-state index contributed by atoms with van der Waals surface area (Å²) in [5.74, 6) is 0.289. The molecule has 0 spiro atoms. The average Bonchev–Trinajstić information content (AvgIpc) is 2.61. The first-order chi connectivity index (χ1) is 11.2. The Morgan fingerprint density at radius 3 is 2.83 bits per heavy atom. The second-order valence-corrected chi connectivity index (χ2v) is 6.41. The fourth-order valence-electron chi connectivity index (χ4n) is 3.26. The van der Waals surface area contributed by atoms with E-state index < -0.39 is 0 Å². The number of ether oxygens (including phenoxy) is 2. The molecule has 2 N–H and O–H groups in total. The van der Waals surface area contributed by atoms with Crippen LogP contribution in [0.25, 0.3) is 0 Å². The van der Waals surface area contributed by atoms with Gasteiger partial charge in [0.2, 0.25) is 5.91 Å². The largest absolute Gasteiger partial charge is 0.373 e.